The molecule has 1 aliphatic rings. The van der Waals surface area contributed by atoms with Crippen LogP contribution in [0.5, 0.6) is 0 Å². The lowest BCUT2D eigenvalue weighted by Gasteiger charge is -2.19. The molecule has 2 N–H and O–H groups in total. The van der Waals surface area contributed by atoms with E-state index in [1.807, 2.05) is 0 Å². The average Bonchev–Trinajstić information content (AvgIpc) is 2.81. The van der Waals surface area contributed by atoms with E-state index in [0.29, 0.717) is 0 Å². The number of benzene rings is 1. The molecule has 0 amide bonds. The predicted octanol–water partition coefficient (Wildman–Crippen LogP) is 3.35. The van der Waals surface area contributed by atoms with Crippen molar-refractivity contribution in [1.82, 2.24) is 0 Å². The van der Waals surface area contributed by atoms with Crippen LogP contribution in [0, 0.1) is 21.8 Å². The molecule has 0 aromatic heterocycles. The molecule has 1 saturated carbocycles. The molecule has 1 aromatic rings. The Morgan fingerprint density at radius 2 is 2.00 bits per heavy atom. The van der Waals surface area contributed by atoms with Crippen molar-refractivity contribution in [2.75, 3.05) is 0 Å². The number of rotatable bonds is 3. The molecule has 2 rings (SSSR count). The van der Waals surface area contributed by atoms with Crippen LogP contribution in [0.15, 0.2) is 18.2 Å². The van der Waals surface area contributed by atoms with E-state index in [0.717, 1.165) is 31.7 Å². The molecule has 1 fully saturated rings. The van der Waals surface area contributed by atoms with Gasteiger partial charge in [0.15, 0.2) is 0 Å². The average molecular weight is 275 g/mol. The van der Waals surface area contributed by atoms with E-state index in [4.69, 9.17) is 5.73 Å². The first kappa shape index (κ1) is 14.9. The summed E-state index contributed by atoms with van der Waals surface area (Å²) in [6, 6.07) is 3.12. The molecule has 1 aromatic carbocycles. The summed E-state index contributed by atoms with van der Waals surface area (Å²) in [6.45, 7) is 0. The van der Waals surface area contributed by atoms with E-state index in [1.54, 1.807) is 0 Å². The molecule has 0 unspecified atom stereocenters. The third-order valence-electron chi connectivity index (χ3n) is 3.46. The molecule has 100 valence electrons. The van der Waals surface area contributed by atoms with Crippen molar-refractivity contribution in [1.29, 1.82) is 0 Å². The highest BCUT2D eigenvalue weighted by Gasteiger charge is 2.26. The minimum Gasteiger partial charge on any atom is -0.324 e. The van der Waals surface area contributed by atoms with Gasteiger partial charge in [0.25, 0.3) is 5.69 Å². The highest BCUT2D eigenvalue weighted by atomic mass is 35.5. The Morgan fingerprint density at radius 3 is 2.56 bits per heavy atom. The lowest BCUT2D eigenvalue weighted by atomic mass is 9.92. The lowest BCUT2D eigenvalue weighted by molar-refractivity contribution is -0.385. The summed E-state index contributed by atoms with van der Waals surface area (Å²) < 4.78 is 13.6. The smallest absolute Gasteiger partial charge is 0.269 e. The maximum atomic E-state index is 13.6. The van der Waals surface area contributed by atoms with Crippen LogP contribution in [0.2, 0.25) is 0 Å². The Morgan fingerprint density at radius 1 is 1.39 bits per heavy atom. The molecule has 0 spiro atoms. The summed E-state index contributed by atoms with van der Waals surface area (Å²) in [7, 11) is 0. The number of halogens is 2. The summed E-state index contributed by atoms with van der Waals surface area (Å²) in [4.78, 5) is 10.1. The molecule has 1 atom stereocenters. The Bertz CT molecular complexity index is 436. The van der Waals surface area contributed by atoms with Crippen LogP contribution in [0.25, 0.3) is 0 Å². The van der Waals surface area contributed by atoms with Gasteiger partial charge in [0, 0.05) is 23.7 Å². The van der Waals surface area contributed by atoms with E-state index in [-0.39, 0.29) is 29.6 Å². The number of nitrogens with zero attached hydrogens (tertiary/aromatic N) is 1. The molecule has 4 nitrogen and oxygen atoms in total. The van der Waals surface area contributed by atoms with Crippen molar-refractivity contribution in [3.05, 3.63) is 39.7 Å². The number of hydrogen-bond acceptors (Lipinski definition) is 3. The van der Waals surface area contributed by atoms with Gasteiger partial charge < -0.3 is 5.73 Å². The normalized spacial score (nSPS) is 17.2. The van der Waals surface area contributed by atoms with Crippen molar-refractivity contribution < 1.29 is 9.31 Å². The molecular formula is C12H16ClFN2O2. The van der Waals surface area contributed by atoms with Gasteiger partial charge in [0.05, 0.1) is 4.92 Å². The Kier molecular flexibility index (Phi) is 5.04. The first-order valence-corrected chi connectivity index (χ1v) is 5.79. The minimum atomic E-state index is -0.524. The standard InChI is InChI=1S/C12H15FN2O2.ClH/c13-11-6-5-9(15(16)17)7-10(11)12(14)8-3-1-2-4-8;/h5-8,12H,1-4,14H2;1H/t12-;/m1./s1. The van der Waals surface area contributed by atoms with Crippen molar-refractivity contribution in [2.45, 2.75) is 31.7 Å². The summed E-state index contributed by atoms with van der Waals surface area (Å²) in [5, 5.41) is 10.7. The van der Waals surface area contributed by atoms with Gasteiger partial charge in [-0.05, 0) is 24.8 Å². The molecule has 18 heavy (non-hydrogen) atoms. The first-order valence-electron chi connectivity index (χ1n) is 5.79. The highest BCUT2D eigenvalue weighted by Crippen LogP contribution is 2.35. The van der Waals surface area contributed by atoms with Gasteiger partial charge in [-0.2, -0.15) is 0 Å². The quantitative estimate of drug-likeness (QED) is 0.679. The van der Waals surface area contributed by atoms with E-state index >= 15 is 0 Å². The molecular weight excluding hydrogens is 259 g/mol. The second kappa shape index (κ2) is 6.11. The lowest BCUT2D eigenvalue weighted by Crippen LogP contribution is -2.20. The molecule has 0 saturated heterocycles. The van der Waals surface area contributed by atoms with Crippen molar-refractivity contribution in [3.63, 3.8) is 0 Å². The molecule has 6 heteroatoms. The number of non-ortho nitro benzene ring substituents is 1. The van der Waals surface area contributed by atoms with E-state index in [9.17, 15) is 14.5 Å². The fraction of sp³-hybridized carbons (Fsp3) is 0.500. The summed E-state index contributed by atoms with van der Waals surface area (Å²) in [6.07, 6.45) is 4.16. The summed E-state index contributed by atoms with van der Waals surface area (Å²) in [5.74, 6) is -0.207. The largest absolute Gasteiger partial charge is 0.324 e. The zero-order valence-electron chi connectivity index (χ0n) is 9.84. The second-order valence-corrected chi connectivity index (χ2v) is 4.53. The van der Waals surface area contributed by atoms with E-state index in [1.165, 1.54) is 12.1 Å². The number of nitro groups is 1. The maximum absolute atomic E-state index is 13.6. The fourth-order valence-corrected chi connectivity index (χ4v) is 2.47. The molecule has 0 radical (unpaired) electrons. The Balaban J connectivity index is 0.00000162. The fourth-order valence-electron chi connectivity index (χ4n) is 2.47. The van der Waals surface area contributed by atoms with Gasteiger partial charge in [-0.25, -0.2) is 4.39 Å². The van der Waals surface area contributed by atoms with E-state index < -0.39 is 16.8 Å². The number of nitro benzene ring substituents is 1. The van der Waals surface area contributed by atoms with Crippen LogP contribution in [-0.2, 0) is 0 Å². The van der Waals surface area contributed by atoms with Crippen LogP contribution in [-0.4, -0.2) is 4.92 Å². The second-order valence-electron chi connectivity index (χ2n) is 4.53. The Labute approximate surface area is 111 Å². The first-order chi connectivity index (χ1) is 8.09. The third-order valence-corrected chi connectivity index (χ3v) is 3.46. The maximum Gasteiger partial charge on any atom is 0.269 e. The van der Waals surface area contributed by atoms with Crippen LogP contribution in [0.3, 0.4) is 0 Å². The van der Waals surface area contributed by atoms with Crippen LogP contribution in [0.4, 0.5) is 10.1 Å². The van der Waals surface area contributed by atoms with Crippen LogP contribution >= 0.6 is 12.4 Å². The monoisotopic (exact) mass is 274 g/mol. The molecule has 0 aliphatic heterocycles. The van der Waals surface area contributed by atoms with Crippen molar-refractivity contribution in [3.8, 4) is 0 Å². The van der Waals surface area contributed by atoms with Gasteiger partial charge in [0.1, 0.15) is 5.82 Å². The number of nitrogens with two attached hydrogens (primary N) is 1. The van der Waals surface area contributed by atoms with Crippen LogP contribution < -0.4 is 5.73 Å². The van der Waals surface area contributed by atoms with Gasteiger partial charge in [0.2, 0.25) is 0 Å². The zero-order valence-corrected chi connectivity index (χ0v) is 10.7. The van der Waals surface area contributed by atoms with Gasteiger partial charge >= 0.3 is 0 Å². The minimum absolute atomic E-state index is 0. The molecule has 1 aliphatic carbocycles. The highest BCUT2D eigenvalue weighted by molar-refractivity contribution is 5.85. The van der Waals surface area contributed by atoms with E-state index in [2.05, 4.69) is 0 Å². The predicted molar refractivity (Wildman–Crippen MR) is 69.2 cm³/mol. The Hall–Kier alpha value is -1.20. The molecule has 0 bridgehead atoms. The van der Waals surface area contributed by atoms with Gasteiger partial charge in [-0.1, -0.05) is 12.8 Å². The number of hydrogen-bond donors (Lipinski definition) is 1. The molecule has 0 heterocycles. The zero-order chi connectivity index (χ0) is 12.4. The van der Waals surface area contributed by atoms with Crippen LogP contribution in [0.1, 0.15) is 37.3 Å². The SMILES string of the molecule is Cl.N[C@@H](c1cc([N+](=O)[O-])ccc1F)C1CCCC1. The van der Waals surface area contributed by atoms with Crippen molar-refractivity contribution in [2.24, 2.45) is 11.7 Å². The van der Waals surface area contributed by atoms with Gasteiger partial charge in [-0.15, -0.1) is 12.4 Å². The van der Waals surface area contributed by atoms with Gasteiger partial charge in [-0.3, -0.25) is 10.1 Å². The summed E-state index contributed by atoms with van der Waals surface area (Å²) >= 11 is 0. The third kappa shape index (κ3) is 2.97. The van der Waals surface area contributed by atoms with Crippen molar-refractivity contribution >= 4 is 18.1 Å². The topological polar surface area (TPSA) is 69.2 Å². The summed E-state index contributed by atoms with van der Waals surface area (Å²) in [5.41, 5.74) is 6.18.